The third-order valence-corrected chi connectivity index (χ3v) is 5.24. The molecule has 0 N–H and O–H groups in total. The molecule has 0 bridgehead atoms. The van der Waals surface area contributed by atoms with E-state index in [4.69, 9.17) is 0 Å². The van der Waals surface area contributed by atoms with Crippen LogP contribution < -0.4 is 0 Å². The zero-order valence-corrected chi connectivity index (χ0v) is 11.1. The second-order valence-corrected chi connectivity index (χ2v) is 6.25. The average molecular weight is 321 g/mol. The molecule has 2 aromatic carbocycles. The molecule has 7 heteroatoms. The van der Waals surface area contributed by atoms with Gasteiger partial charge in [-0.3, -0.25) is 0 Å². The van der Waals surface area contributed by atoms with E-state index in [0.29, 0.717) is 0 Å². The zero-order chi connectivity index (χ0) is 13.6. The number of rotatable bonds is 2. The Bertz CT molecular complexity index is 840. The van der Waals surface area contributed by atoms with Gasteiger partial charge in [0, 0.05) is 0 Å². The van der Waals surface area contributed by atoms with E-state index in [0.717, 1.165) is 19.3 Å². The Labute approximate surface area is 112 Å². The van der Waals surface area contributed by atoms with Crippen molar-refractivity contribution in [1.29, 1.82) is 0 Å². The van der Waals surface area contributed by atoms with Crippen molar-refractivity contribution < 1.29 is 9.85 Å². The summed E-state index contributed by atoms with van der Waals surface area (Å²) in [6.45, 7) is 0. The van der Waals surface area contributed by atoms with E-state index in [9.17, 15) is 20.2 Å². The molecule has 0 unspecified atom stereocenters. The Hall–Kier alpha value is -2.24. The van der Waals surface area contributed by atoms with Crippen molar-refractivity contribution in [3.63, 3.8) is 0 Å². The van der Waals surface area contributed by atoms with Crippen LogP contribution in [0, 0.1) is 20.2 Å². The van der Waals surface area contributed by atoms with Gasteiger partial charge in [-0.15, -0.1) is 0 Å². The fraction of sp³-hybridized carbons (Fsp3) is 0. The Kier molecular flexibility index (Phi) is 2.58. The summed E-state index contributed by atoms with van der Waals surface area (Å²) in [5.41, 5.74) is 0.101. The molecule has 0 saturated heterocycles. The zero-order valence-electron chi connectivity index (χ0n) is 9.40. The molecule has 0 fully saturated rings. The maximum absolute atomic E-state index is 10.8. The number of nitro groups is 2. The summed E-state index contributed by atoms with van der Waals surface area (Å²) in [4.78, 5) is 20.7. The van der Waals surface area contributed by atoms with Crippen LogP contribution in [0.4, 0.5) is 11.4 Å². The molecule has 0 radical (unpaired) electrons. The van der Waals surface area contributed by atoms with Gasteiger partial charge in [0.15, 0.2) is 0 Å². The first kappa shape index (κ1) is 11.8. The summed E-state index contributed by atoms with van der Waals surface area (Å²) in [6, 6.07) is 9.41. The van der Waals surface area contributed by atoms with Crippen molar-refractivity contribution >= 4 is 45.2 Å². The molecule has 0 aliphatic heterocycles. The van der Waals surface area contributed by atoms with Gasteiger partial charge < -0.3 is 0 Å². The van der Waals surface area contributed by atoms with E-state index in [-0.39, 0.29) is 25.9 Å². The van der Waals surface area contributed by atoms with Gasteiger partial charge in [0.1, 0.15) is 0 Å². The summed E-state index contributed by atoms with van der Waals surface area (Å²) < 4.78 is 1.92. The molecule has 19 heavy (non-hydrogen) atoms. The predicted molar refractivity (Wildman–Crippen MR) is 71.7 cm³/mol. The van der Waals surface area contributed by atoms with Gasteiger partial charge in [-0.25, -0.2) is 0 Å². The summed E-state index contributed by atoms with van der Waals surface area (Å²) in [7, 11) is 0. The van der Waals surface area contributed by atoms with Crippen LogP contribution in [-0.2, 0) is 0 Å². The van der Waals surface area contributed by atoms with E-state index >= 15 is 0 Å². The van der Waals surface area contributed by atoms with Crippen molar-refractivity contribution in [2.75, 3.05) is 0 Å². The van der Waals surface area contributed by atoms with Crippen LogP contribution in [0.5, 0.6) is 0 Å². The van der Waals surface area contributed by atoms with Crippen molar-refractivity contribution in [1.82, 2.24) is 0 Å². The molecule has 0 aliphatic carbocycles. The molecule has 1 heterocycles. The summed E-state index contributed by atoms with van der Waals surface area (Å²) in [5.74, 6) is 0. The van der Waals surface area contributed by atoms with E-state index in [1.807, 2.05) is 0 Å². The number of nitrogens with zero attached hydrogens (tertiary/aromatic N) is 2. The molecule has 0 amide bonds. The number of hydrogen-bond donors (Lipinski definition) is 0. The first-order valence-corrected chi connectivity index (χ1v) is 7.02. The van der Waals surface area contributed by atoms with Crippen LogP contribution in [0.1, 0.15) is 0 Å². The summed E-state index contributed by atoms with van der Waals surface area (Å²) in [5, 5.41) is 23.2. The first-order valence-electron chi connectivity index (χ1n) is 5.31. The van der Waals surface area contributed by atoms with Gasteiger partial charge in [0.25, 0.3) is 0 Å². The molecule has 6 nitrogen and oxygen atoms in total. The Balaban J connectivity index is 2.33. The second kappa shape index (κ2) is 4.15. The molecule has 0 atom stereocenters. The van der Waals surface area contributed by atoms with E-state index in [2.05, 4.69) is 0 Å². The van der Waals surface area contributed by atoms with Gasteiger partial charge in [-0.1, -0.05) is 0 Å². The summed E-state index contributed by atoms with van der Waals surface area (Å²) in [6.07, 6.45) is 0. The molecule has 3 aromatic rings. The molecular formula is C12H6N2O4Se. The number of benzene rings is 2. The molecule has 0 spiro atoms. The molecule has 0 aliphatic rings. The number of non-ortho nitro benzene ring substituents is 2. The third-order valence-electron chi connectivity index (χ3n) is 2.86. The van der Waals surface area contributed by atoms with Gasteiger partial charge in [0.2, 0.25) is 0 Å². The average Bonchev–Trinajstić information content (AvgIpc) is 2.74. The third kappa shape index (κ3) is 1.89. The van der Waals surface area contributed by atoms with Gasteiger partial charge >= 0.3 is 112 Å². The minimum atomic E-state index is -0.434. The standard InChI is InChI=1S/C12H6N2O4Se/c15-13(16)7-2-4-11-10(5-7)9-3-1-8(14(17)18)6-12(9)19-11/h1-6H. The van der Waals surface area contributed by atoms with Crippen LogP contribution in [0.25, 0.3) is 19.3 Å². The van der Waals surface area contributed by atoms with Crippen molar-refractivity contribution in [2.45, 2.75) is 0 Å². The Morgan fingerprint density at radius 2 is 1.42 bits per heavy atom. The van der Waals surface area contributed by atoms with Gasteiger partial charge in [0.05, 0.1) is 0 Å². The Morgan fingerprint density at radius 3 is 2.11 bits per heavy atom. The van der Waals surface area contributed by atoms with Crippen molar-refractivity contribution in [3.8, 4) is 0 Å². The van der Waals surface area contributed by atoms with E-state index in [1.54, 1.807) is 18.2 Å². The van der Waals surface area contributed by atoms with Crippen molar-refractivity contribution in [2.24, 2.45) is 0 Å². The fourth-order valence-electron chi connectivity index (χ4n) is 1.98. The molecule has 0 saturated carbocycles. The molecular weight excluding hydrogens is 315 g/mol. The van der Waals surface area contributed by atoms with Crippen LogP contribution in [0.3, 0.4) is 0 Å². The van der Waals surface area contributed by atoms with Crippen LogP contribution >= 0.6 is 0 Å². The molecule has 1 aromatic heterocycles. The molecule has 94 valence electrons. The van der Waals surface area contributed by atoms with Crippen LogP contribution in [0.2, 0.25) is 0 Å². The second-order valence-electron chi connectivity index (χ2n) is 3.98. The topological polar surface area (TPSA) is 86.3 Å². The number of fused-ring (bicyclic) bond motifs is 3. The summed E-state index contributed by atoms with van der Waals surface area (Å²) >= 11 is -0.0359. The number of hydrogen-bond acceptors (Lipinski definition) is 4. The van der Waals surface area contributed by atoms with Crippen molar-refractivity contribution in [3.05, 3.63) is 56.6 Å². The first-order chi connectivity index (χ1) is 9.06. The van der Waals surface area contributed by atoms with Gasteiger partial charge in [-0.2, -0.15) is 0 Å². The van der Waals surface area contributed by atoms with Crippen LogP contribution in [0.15, 0.2) is 36.4 Å². The van der Waals surface area contributed by atoms with E-state index < -0.39 is 9.85 Å². The predicted octanol–water partition coefficient (Wildman–Crippen LogP) is 2.87. The SMILES string of the molecule is O=[N+]([O-])c1ccc2c(c1)[se]c1ccc([N+](=O)[O-])cc12. The quantitative estimate of drug-likeness (QED) is 0.412. The fourth-order valence-corrected chi connectivity index (χ4v) is 4.33. The van der Waals surface area contributed by atoms with E-state index in [1.165, 1.54) is 18.2 Å². The monoisotopic (exact) mass is 322 g/mol. The molecule has 3 rings (SSSR count). The Morgan fingerprint density at radius 1 is 0.789 bits per heavy atom. The maximum atomic E-state index is 10.8. The van der Waals surface area contributed by atoms with Crippen LogP contribution in [-0.4, -0.2) is 24.4 Å². The minimum absolute atomic E-state index is 0.0359. The normalized spacial score (nSPS) is 10.9. The number of nitro benzene ring substituents is 2. The van der Waals surface area contributed by atoms with Gasteiger partial charge in [-0.05, 0) is 0 Å².